The standard InChI is InChI=1S/C22H22ClN3OS/c23-20-5-2-1-4-17(20)16-25-11-13-26(14-12-25)19-9-7-18(8-10-19)24-22(27)21-6-3-15-28-21/h1-10,15H,11-14,16H2,(H,24,27)/p+1. The van der Waals surface area contributed by atoms with Crippen LogP contribution in [0.2, 0.25) is 5.02 Å². The summed E-state index contributed by atoms with van der Waals surface area (Å²) in [7, 11) is 0. The van der Waals surface area contributed by atoms with Gasteiger partial charge in [0.05, 0.1) is 31.1 Å². The minimum atomic E-state index is -0.0560. The number of carbonyl (C=O) groups is 1. The van der Waals surface area contributed by atoms with Crippen molar-refractivity contribution in [2.45, 2.75) is 6.54 Å². The van der Waals surface area contributed by atoms with E-state index in [-0.39, 0.29) is 5.91 Å². The van der Waals surface area contributed by atoms with Gasteiger partial charge in [0.15, 0.2) is 0 Å². The number of nitrogens with zero attached hydrogens (tertiary/aromatic N) is 1. The Hall–Kier alpha value is -2.34. The summed E-state index contributed by atoms with van der Waals surface area (Å²) in [6.45, 7) is 5.17. The summed E-state index contributed by atoms with van der Waals surface area (Å²) in [6, 6.07) is 20.0. The number of amides is 1. The number of hydrogen-bond acceptors (Lipinski definition) is 3. The molecule has 0 bridgehead atoms. The second kappa shape index (κ2) is 8.78. The molecule has 1 amide bonds. The lowest BCUT2D eigenvalue weighted by molar-refractivity contribution is -0.914. The average Bonchev–Trinajstić information content (AvgIpc) is 3.26. The molecule has 2 N–H and O–H groups in total. The van der Waals surface area contributed by atoms with Crippen molar-refractivity contribution in [2.24, 2.45) is 0 Å². The van der Waals surface area contributed by atoms with E-state index < -0.39 is 0 Å². The number of piperazine rings is 1. The minimum Gasteiger partial charge on any atom is -0.360 e. The van der Waals surface area contributed by atoms with Gasteiger partial charge in [-0.25, -0.2) is 0 Å². The summed E-state index contributed by atoms with van der Waals surface area (Å²) in [4.78, 5) is 16.8. The molecule has 6 heteroatoms. The Labute approximate surface area is 174 Å². The molecule has 144 valence electrons. The van der Waals surface area contributed by atoms with E-state index in [1.807, 2.05) is 41.8 Å². The molecule has 0 atom stereocenters. The zero-order valence-electron chi connectivity index (χ0n) is 15.5. The van der Waals surface area contributed by atoms with Crippen LogP contribution in [0.25, 0.3) is 0 Å². The van der Waals surface area contributed by atoms with Crippen LogP contribution in [-0.4, -0.2) is 32.1 Å². The Morgan fingerprint density at radius 3 is 2.46 bits per heavy atom. The lowest BCUT2D eigenvalue weighted by Crippen LogP contribution is -3.13. The summed E-state index contributed by atoms with van der Waals surface area (Å²) in [5, 5.41) is 5.72. The van der Waals surface area contributed by atoms with E-state index in [0.717, 1.165) is 48.3 Å². The first-order valence-electron chi connectivity index (χ1n) is 9.46. The molecular weight excluding hydrogens is 390 g/mol. The lowest BCUT2D eigenvalue weighted by Gasteiger charge is -2.34. The molecule has 28 heavy (non-hydrogen) atoms. The van der Waals surface area contributed by atoms with Crippen molar-refractivity contribution in [1.82, 2.24) is 0 Å². The second-order valence-electron chi connectivity index (χ2n) is 6.98. The highest BCUT2D eigenvalue weighted by molar-refractivity contribution is 7.12. The van der Waals surface area contributed by atoms with Gasteiger partial charge >= 0.3 is 0 Å². The number of rotatable bonds is 5. The van der Waals surface area contributed by atoms with Crippen molar-refractivity contribution in [1.29, 1.82) is 0 Å². The first kappa shape index (κ1) is 19.0. The van der Waals surface area contributed by atoms with Crippen molar-refractivity contribution in [3.63, 3.8) is 0 Å². The molecule has 0 radical (unpaired) electrons. The SMILES string of the molecule is O=C(Nc1ccc(N2CC[NH+](Cc3ccccc3Cl)CC2)cc1)c1cccs1. The zero-order chi connectivity index (χ0) is 19.3. The smallest absolute Gasteiger partial charge is 0.265 e. The largest absolute Gasteiger partial charge is 0.360 e. The number of thiophene rings is 1. The molecule has 2 aromatic carbocycles. The summed E-state index contributed by atoms with van der Waals surface area (Å²) >= 11 is 7.75. The summed E-state index contributed by atoms with van der Waals surface area (Å²) in [5.41, 5.74) is 3.24. The highest BCUT2D eigenvalue weighted by atomic mass is 35.5. The van der Waals surface area contributed by atoms with Crippen LogP contribution in [0.3, 0.4) is 0 Å². The molecule has 1 saturated heterocycles. The number of halogens is 1. The van der Waals surface area contributed by atoms with Crippen LogP contribution in [0.15, 0.2) is 66.0 Å². The molecule has 1 aliphatic heterocycles. The van der Waals surface area contributed by atoms with E-state index in [4.69, 9.17) is 11.6 Å². The topological polar surface area (TPSA) is 36.8 Å². The van der Waals surface area contributed by atoms with Gasteiger partial charge in [-0.05, 0) is 41.8 Å². The van der Waals surface area contributed by atoms with Gasteiger partial charge in [-0.1, -0.05) is 35.9 Å². The zero-order valence-corrected chi connectivity index (χ0v) is 17.1. The predicted octanol–water partition coefficient (Wildman–Crippen LogP) is 3.56. The number of benzene rings is 2. The molecule has 0 unspecified atom stereocenters. The van der Waals surface area contributed by atoms with Gasteiger partial charge in [0.25, 0.3) is 5.91 Å². The molecule has 1 aliphatic rings. The van der Waals surface area contributed by atoms with Gasteiger partial charge in [-0.3, -0.25) is 4.79 Å². The number of carbonyl (C=O) groups excluding carboxylic acids is 1. The van der Waals surface area contributed by atoms with E-state index in [1.54, 1.807) is 4.90 Å². The highest BCUT2D eigenvalue weighted by Crippen LogP contribution is 2.20. The first-order chi connectivity index (χ1) is 13.7. The van der Waals surface area contributed by atoms with Gasteiger partial charge in [-0.2, -0.15) is 0 Å². The molecule has 1 fully saturated rings. The van der Waals surface area contributed by atoms with E-state index in [9.17, 15) is 4.79 Å². The first-order valence-corrected chi connectivity index (χ1v) is 10.7. The van der Waals surface area contributed by atoms with Crippen LogP contribution < -0.4 is 15.1 Å². The maximum absolute atomic E-state index is 12.1. The lowest BCUT2D eigenvalue weighted by atomic mass is 10.2. The van der Waals surface area contributed by atoms with E-state index in [1.165, 1.54) is 22.6 Å². The summed E-state index contributed by atoms with van der Waals surface area (Å²) < 4.78 is 0. The molecule has 4 rings (SSSR count). The highest BCUT2D eigenvalue weighted by Gasteiger charge is 2.21. The van der Waals surface area contributed by atoms with E-state index in [2.05, 4.69) is 34.5 Å². The molecule has 0 aliphatic carbocycles. The van der Waals surface area contributed by atoms with Gasteiger partial charge in [0.2, 0.25) is 0 Å². The van der Waals surface area contributed by atoms with Crippen LogP contribution in [0.1, 0.15) is 15.2 Å². The van der Waals surface area contributed by atoms with Crippen molar-refractivity contribution < 1.29 is 9.69 Å². The quantitative estimate of drug-likeness (QED) is 0.672. The maximum atomic E-state index is 12.1. The van der Waals surface area contributed by atoms with Crippen LogP contribution in [0.5, 0.6) is 0 Å². The normalized spacial score (nSPS) is 14.8. The summed E-state index contributed by atoms with van der Waals surface area (Å²) in [6.07, 6.45) is 0. The fourth-order valence-electron chi connectivity index (χ4n) is 3.53. The van der Waals surface area contributed by atoms with Gasteiger partial charge in [-0.15, -0.1) is 11.3 Å². The Balaban J connectivity index is 1.31. The van der Waals surface area contributed by atoms with Crippen molar-refractivity contribution in [3.05, 3.63) is 81.5 Å². The molecule has 2 heterocycles. The maximum Gasteiger partial charge on any atom is 0.265 e. The molecule has 0 spiro atoms. The Morgan fingerprint density at radius 1 is 1.04 bits per heavy atom. The van der Waals surface area contributed by atoms with Crippen LogP contribution in [0.4, 0.5) is 11.4 Å². The van der Waals surface area contributed by atoms with E-state index in [0.29, 0.717) is 0 Å². The average molecular weight is 413 g/mol. The third kappa shape index (κ3) is 4.55. The van der Waals surface area contributed by atoms with Crippen LogP contribution in [-0.2, 0) is 6.54 Å². The number of quaternary nitrogens is 1. The molecular formula is C22H23ClN3OS+. The summed E-state index contributed by atoms with van der Waals surface area (Å²) in [5.74, 6) is -0.0560. The molecule has 0 saturated carbocycles. The minimum absolute atomic E-state index is 0.0560. The Bertz CT molecular complexity index is 919. The second-order valence-corrected chi connectivity index (χ2v) is 8.34. The Kier molecular flexibility index (Phi) is 5.95. The molecule has 3 aromatic rings. The molecule has 1 aromatic heterocycles. The monoisotopic (exact) mass is 412 g/mol. The van der Waals surface area contributed by atoms with Crippen LogP contribution in [0, 0.1) is 0 Å². The molecule has 4 nitrogen and oxygen atoms in total. The van der Waals surface area contributed by atoms with Gasteiger partial charge in [0.1, 0.15) is 6.54 Å². The van der Waals surface area contributed by atoms with Gasteiger partial charge < -0.3 is 15.1 Å². The van der Waals surface area contributed by atoms with E-state index >= 15 is 0 Å². The number of anilines is 2. The van der Waals surface area contributed by atoms with Crippen molar-refractivity contribution in [3.8, 4) is 0 Å². The predicted molar refractivity (Wildman–Crippen MR) is 117 cm³/mol. The van der Waals surface area contributed by atoms with Crippen molar-refractivity contribution >= 4 is 40.2 Å². The number of nitrogens with one attached hydrogen (secondary N) is 2. The van der Waals surface area contributed by atoms with Crippen molar-refractivity contribution in [2.75, 3.05) is 36.4 Å². The third-order valence-corrected chi connectivity index (χ3v) is 6.34. The fourth-order valence-corrected chi connectivity index (χ4v) is 4.35. The van der Waals surface area contributed by atoms with Gasteiger partial charge in [0, 0.05) is 22.0 Å². The Morgan fingerprint density at radius 2 is 1.79 bits per heavy atom. The fraction of sp³-hybridized carbons (Fsp3) is 0.227. The third-order valence-electron chi connectivity index (χ3n) is 5.10. The van der Waals surface area contributed by atoms with Crippen LogP contribution >= 0.6 is 22.9 Å². The number of hydrogen-bond donors (Lipinski definition) is 2.